The summed E-state index contributed by atoms with van der Waals surface area (Å²) in [5, 5.41) is 0. The van der Waals surface area contributed by atoms with E-state index in [-0.39, 0.29) is 18.4 Å². The summed E-state index contributed by atoms with van der Waals surface area (Å²) >= 11 is 0. The number of carbonyl (C=O) groups excluding carboxylic acids is 2. The lowest BCUT2D eigenvalue weighted by atomic mass is 9.84. The molecule has 0 radical (unpaired) electrons. The molecule has 0 saturated heterocycles. The van der Waals surface area contributed by atoms with E-state index in [0.29, 0.717) is 35.3 Å². The summed E-state index contributed by atoms with van der Waals surface area (Å²) in [4.78, 5) is 26.7. The van der Waals surface area contributed by atoms with Gasteiger partial charge in [0.05, 0.1) is 27.9 Å². The van der Waals surface area contributed by atoms with Gasteiger partial charge in [0.2, 0.25) is 5.75 Å². The number of rotatable bonds is 8. The minimum Gasteiger partial charge on any atom is -0.493 e. The summed E-state index contributed by atoms with van der Waals surface area (Å²) in [6, 6.07) is 4.70. The second-order valence-corrected chi connectivity index (χ2v) is 7.45. The molecule has 0 aromatic heterocycles. The molecule has 0 spiro atoms. The third-order valence-corrected chi connectivity index (χ3v) is 5.63. The summed E-state index contributed by atoms with van der Waals surface area (Å²) in [6.07, 6.45) is 7.83. The largest absolute Gasteiger partial charge is 0.493 e. The van der Waals surface area contributed by atoms with Crippen molar-refractivity contribution in [3.8, 4) is 17.2 Å². The average molecular weight is 403 g/mol. The zero-order valence-corrected chi connectivity index (χ0v) is 17.3. The molecule has 1 aromatic carbocycles. The highest BCUT2D eigenvalue weighted by atomic mass is 16.5. The van der Waals surface area contributed by atoms with Crippen LogP contribution in [-0.4, -0.2) is 50.7 Å². The van der Waals surface area contributed by atoms with E-state index >= 15 is 0 Å². The lowest BCUT2D eigenvalue weighted by Gasteiger charge is -2.30. The second kappa shape index (κ2) is 9.67. The van der Waals surface area contributed by atoms with Gasteiger partial charge in [0.1, 0.15) is 11.8 Å². The molecule has 1 amide bonds. The Bertz CT molecular complexity index is 769. The molecule has 1 heterocycles. The molecule has 1 aliphatic carbocycles. The van der Waals surface area contributed by atoms with E-state index in [1.54, 1.807) is 30.2 Å². The minimum absolute atomic E-state index is 0.214. The van der Waals surface area contributed by atoms with Gasteiger partial charge in [-0.25, -0.2) is 4.79 Å². The maximum absolute atomic E-state index is 12.7. The van der Waals surface area contributed by atoms with E-state index in [4.69, 9.17) is 18.9 Å². The Morgan fingerprint density at radius 3 is 2.48 bits per heavy atom. The number of hydrogen-bond acceptors (Lipinski definition) is 6. The predicted octanol–water partition coefficient (Wildman–Crippen LogP) is 3.32. The summed E-state index contributed by atoms with van der Waals surface area (Å²) in [7, 11) is 4.44. The fourth-order valence-electron chi connectivity index (χ4n) is 4.14. The van der Waals surface area contributed by atoms with Crippen LogP contribution in [0.2, 0.25) is 0 Å². The van der Waals surface area contributed by atoms with E-state index in [1.165, 1.54) is 39.6 Å². The molecule has 1 atom stereocenters. The zero-order valence-electron chi connectivity index (χ0n) is 17.3. The highest BCUT2D eigenvalue weighted by Gasteiger charge is 2.37. The van der Waals surface area contributed by atoms with Crippen LogP contribution in [0.3, 0.4) is 0 Å². The number of carbonyl (C=O) groups is 2. The molecule has 1 fully saturated rings. The standard InChI is InChI=1S/C22H29NO6/c1-26-18-10-7-11-19(21(18)27-2)29-16-13-20(24)23(14-16)17(22(25)28-3)12-15-8-5-4-6-9-15/h7,10-11,13,15,17H,4-6,8-9,12,14H2,1-3H3. The first-order valence-electron chi connectivity index (χ1n) is 10.0. The second-order valence-electron chi connectivity index (χ2n) is 7.45. The first-order chi connectivity index (χ1) is 14.1. The summed E-state index contributed by atoms with van der Waals surface area (Å²) in [6.45, 7) is 0.214. The van der Waals surface area contributed by atoms with Gasteiger partial charge < -0.3 is 23.8 Å². The number of amides is 1. The number of esters is 1. The molecule has 2 aliphatic rings. The van der Waals surface area contributed by atoms with E-state index in [1.807, 2.05) is 0 Å². The van der Waals surface area contributed by atoms with Gasteiger partial charge in [0.25, 0.3) is 5.91 Å². The number of nitrogens with zero attached hydrogens (tertiary/aromatic N) is 1. The fraction of sp³-hybridized carbons (Fsp3) is 0.545. The molecule has 1 aromatic rings. The summed E-state index contributed by atoms with van der Waals surface area (Å²) < 4.78 is 21.6. The van der Waals surface area contributed by atoms with Crippen LogP contribution in [-0.2, 0) is 14.3 Å². The molecule has 1 saturated carbocycles. The molecule has 1 unspecified atom stereocenters. The summed E-state index contributed by atoms with van der Waals surface area (Å²) in [5.41, 5.74) is 0. The molecule has 3 rings (SSSR count). The van der Waals surface area contributed by atoms with Crippen molar-refractivity contribution in [2.24, 2.45) is 5.92 Å². The molecule has 0 N–H and O–H groups in total. The first kappa shape index (κ1) is 21.0. The molecule has 0 bridgehead atoms. The highest BCUT2D eigenvalue weighted by Crippen LogP contribution is 2.38. The Morgan fingerprint density at radius 1 is 1.10 bits per heavy atom. The van der Waals surface area contributed by atoms with Gasteiger partial charge in [0.15, 0.2) is 11.5 Å². The van der Waals surface area contributed by atoms with Crippen molar-refractivity contribution in [2.45, 2.75) is 44.6 Å². The Hall–Kier alpha value is -2.70. The van der Waals surface area contributed by atoms with Gasteiger partial charge in [-0.15, -0.1) is 0 Å². The normalized spacial score (nSPS) is 18.2. The molecule has 29 heavy (non-hydrogen) atoms. The number of hydrogen-bond donors (Lipinski definition) is 0. The number of methoxy groups -OCH3 is 3. The van der Waals surface area contributed by atoms with Gasteiger partial charge in [-0.05, 0) is 24.5 Å². The SMILES string of the molecule is COC(=O)C(CC1CCCCC1)N1CC(Oc2cccc(OC)c2OC)=CC1=O. The molecular formula is C22H29NO6. The fourth-order valence-corrected chi connectivity index (χ4v) is 4.14. The minimum atomic E-state index is -0.597. The van der Waals surface area contributed by atoms with Crippen LogP contribution >= 0.6 is 0 Å². The van der Waals surface area contributed by atoms with Gasteiger partial charge in [-0.3, -0.25) is 4.79 Å². The Balaban J connectivity index is 1.73. The third kappa shape index (κ3) is 4.83. The van der Waals surface area contributed by atoms with E-state index < -0.39 is 6.04 Å². The van der Waals surface area contributed by atoms with E-state index in [2.05, 4.69) is 0 Å². The van der Waals surface area contributed by atoms with Gasteiger partial charge in [-0.2, -0.15) is 0 Å². The quantitative estimate of drug-likeness (QED) is 0.620. The average Bonchev–Trinajstić information content (AvgIpc) is 3.11. The topological polar surface area (TPSA) is 74.3 Å². The molecule has 7 heteroatoms. The van der Waals surface area contributed by atoms with Crippen molar-refractivity contribution >= 4 is 11.9 Å². The lowest BCUT2D eigenvalue weighted by molar-refractivity contribution is -0.151. The van der Waals surface area contributed by atoms with Crippen LogP contribution in [0.5, 0.6) is 17.2 Å². The van der Waals surface area contributed by atoms with Crippen LogP contribution in [0.1, 0.15) is 38.5 Å². The van der Waals surface area contributed by atoms with Crippen molar-refractivity contribution in [3.63, 3.8) is 0 Å². The Labute approximate surface area is 171 Å². The van der Waals surface area contributed by atoms with E-state index in [0.717, 1.165) is 12.8 Å². The maximum atomic E-state index is 12.7. The molecule has 1 aliphatic heterocycles. The van der Waals surface area contributed by atoms with Crippen LogP contribution < -0.4 is 14.2 Å². The molecule has 7 nitrogen and oxygen atoms in total. The molecule has 158 valence electrons. The van der Waals surface area contributed by atoms with Crippen LogP contribution in [0.25, 0.3) is 0 Å². The number of benzene rings is 1. The van der Waals surface area contributed by atoms with Crippen LogP contribution in [0, 0.1) is 5.92 Å². The monoisotopic (exact) mass is 403 g/mol. The highest BCUT2D eigenvalue weighted by molar-refractivity contribution is 5.94. The van der Waals surface area contributed by atoms with Crippen LogP contribution in [0.4, 0.5) is 0 Å². The summed E-state index contributed by atoms with van der Waals surface area (Å²) in [5.74, 6) is 1.72. The predicted molar refractivity (Wildman–Crippen MR) is 107 cm³/mol. The van der Waals surface area contributed by atoms with Crippen molar-refractivity contribution < 1.29 is 28.5 Å². The number of ether oxygens (including phenoxy) is 4. The van der Waals surface area contributed by atoms with Crippen molar-refractivity contribution in [2.75, 3.05) is 27.9 Å². The van der Waals surface area contributed by atoms with Crippen molar-refractivity contribution in [1.82, 2.24) is 4.90 Å². The van der Waals surface area contributed by atoms with Crippen molar-refractivity contribution in [3.05, 3.63) is 30.0 Å². The van der Waals surface area contributed by atoms with E-state index in [9.17, 15) is 9.59 Å². The van der Waals surface area contributed by atoms with Gasteiger partial charge in [0, 0.05) is 6.08 Å². The number of para-hydroxylation sites is 1. The first-order valence-corrected chi connectivity index (χ1v) is 10.0. The van der Waals surface area contributed by atoms with Gasteiger partial charge in [-0.1, -0.05) is 38.2 Å². The maximum Gasteiger partial charge on any atom is 0.328 e. The zero-order chi connectivity index (χ0) is 20.8. The Morgan fingerprint density at radius 2 is 1.83 bits per heavy atom. The van der Waals surface area contributed by atoms with Crippen molar-refractivity contribution in [1.29, 1.82) is 0 Å². The lowest BCUT2D eigenvalue weighted by Crippen LogP contribution is -2.44. The smallest absolute Gasteiger partial charge is 0.328 e. The van der Waals surface area contributed by atoms with Crippen LogP contribution in [0.15, 0.2) is 30.0 Å². The molecular weight excluding hydrogens is 374 g/mol. The Kier molecular flexibility index (Phi) is 7.01. The third-order valence-electron chi connectivity index (χ3n) is 5.63. The van der Waals surface area contributed by atoms with Gasteiger partial charge >= 0.3 is 5.97 Å².